The van der Waals surface area contributed by atoms with Crippen LogP contribution in [0, 0.1) is 5.92 Å². The van der Waals surface area contributed by atoms with Crippen molar-refractivity contribution in [2.75, 3.05) is 6.54 Å². The maximum absolute atomic E-state index is 4.72. The number of aliphatic imine (C=N–C) groups is 1. The molecule has 3 nitrogen and oxygen atoms in total. The van der Waals surface area contributed by atoms with Crippen molar-refractivity contribution < 1.29 is 0 Å². The van der Waals surface area contributed by atoms with Gasteiger partial charge < -0.3 is 0 Å². The van der Waals surface area contributed by atoms with E-state index in [0.29, 0.717) is 6.04 Å². The molecule has 2 heterocycles. The molecule has 0 saturated carbocycles. The topological polar surface area (TPSA) is 30.2 Å². The highest BCUT2D eigenvalue weighted by Crippen LogP contribution is 2.23. The van der Waals surface area contributed by atoms with Crippen molar-refractivity contribution in [1.82, 2.24) is 9.78 Å². The average Bonchev–Trinajstić information content (AvgIpc) is 2.82. The van der Waals surface area contributed by atoms with E-state index in [2.05, 4.69) is 48.8 Å². The highest BCUT2D eigenvalue weighted by atomic mass is 15.3. The van der Waals surface area contributed by atoms with E-state index in [0.717, 1.165) is 18.9 Å². The second kappa shape index (κ2) is 4.80. The molecule has 1 aliphatic rings. The highest BCUT2D eigenvalue weighted by Gasteiger charge is 2.14. The van der Waals surface area contributed by atoms with Gasteiger partial charge in [-0.25, -0.2) is 0 Å². The summed E-state index contributed by atoms with van der Waals surface area (Å²) in [5.41, 5.74) is 3.74. The molecule has 1 aromatic carbocycles. The predicted octanol–water partition coefficient (Wildman–Crippen LogP) is 3.84. The molecule has 0 radical (unpaired) electrons. The van der Waals surface area contributed by atoms with Crippen molar-refractivity contribution in [3.8, 4) is 0 Å². The van der Waals surface area contributed by atoms with Crippen LogP contribution in [0.4, 0.5) is 0 Å². The molecule has 0 fully saturated rings. The predicted molar refractivity (Wildman–Crippen MR) is 79.9 cm³/mol. The molecule has 0 bridgehead atoms. The van der Waals surface area contributed by atoms with Crippen molar-refractivity contribution in [2.24, 2.45) is 10.9 Å². The Morgan fingerprint density at radius 3 is 2.84 bits per heavy atom. The maximum Gasteiger partial charge on any atom is 0.0685 e. The Balaban J connectivity index is 1.99. The van der Waals surface area contributed by atoms with Crippen LogP contribution in [-0.4, -0.2) is 22.0 Å². The van der Waals surface area contributed by atoms with E-state index in [-0.39, 0.29) is 0 Å². The first kappa shape index (κ1) is 12.4. The third-order valence-corrected chi connectivity index (χ3v) is 3.89. The first-order valence-corrected chi connectivity index (χ1v) is 7.16. The number of aromatic nitrogens is 2. The quantitative estimate of drug-likeness (QED) is 0.802. The first-order valence-electron chi connectivity index (χ1n) is 7.16. The summed E-state index contributed by atoms with van der Waals surface area (Å²) >= 11 is 0. The third kappa shape index (κ3) is 2.29. The molecule has 0 aliphatic carbocycles. The minimum absolute atomic E-state index is 0.399. The van der Waals surface area contributed by atoms with Crippen LogP contribution >= 0.6 is 0 Å². The van der Waals surface area contributed by atoms with Crippen molar-refractivity contribution in [2.45, 2.75) is 39.7 Å². The Kier molecular flexibility index (Phi) is 3.13. The minimum atomic E-state index is 0.399. The van der Waals surface area contributed by atoms with E-state index in [1.54, 1.807) is 0 Å². The van der Waals surface area contributed by atoms with Gasteiger partial charge in [-0.2, -0.15) is 5.10 Å². The Labute approximate surface area is 114 Å². The van der Waals surface area contributed by atoms with Crippen molar-refractivity contribution >= 4 is 16.6 Å². The molecule has 3 heteroatoms. The second-order valence-corrected chi connectivity index (χ2v) is 5.89. The fourth-order valence-electron chi connectivity index (χ4n) is 2.70. The van der Waals surface area contributed by atoms with Gasteiger partial charge in [0.15, 0.2) is 0 Å². The van der Waals surface area contributed by atoms with Crippen molar-refractivity contribution in [3.05, 3.63) is 30.0 Å². The molecule has 1 aromatic heterocycles. The second-order valence-electron chi connectivity index (χ2n) is 5.89. The van der Waals surface area contributed by atoms with Gasteiger partial charge in [0.1, 0.15) is 0 Å². The van der Waals surface area contributed by atoms with Crippen LogP contribution < -0.4 is 0 Å². The molecular weight excluding hydrogens is 234 g/mol. The Morgan fingerprint density at radius 2 is 2.16 bits per heavy atom. The van der Waals surface area contributed by atoms with Gasteiger partial charge in [-0.3, -0.25) is 9.67 Å². The molecule has 0 unspecified atom stereocenters. The molecule has 0 spiro atoms. The molecule has 1 aliphatic heterocycles. The average molecular weight is 255 g/mol. The van der Waals surface area contributed by atoms with Gasteiger partial charge in [-0.05, 0) is 50.3 Å². The third-order valence-electron chi connectivity index (χ3n) is 3.89. The number of fused-ring (bicyclic) bond motifs is 1. The molecule has 19 heavy (non-hydrogen) atoms. The Hall–Kier alpha value is -1.64. The maximum atomic E-state index is 4.72. The molecule has 0 saturated heterocycles. The normalized spacial score (nSPS) is 20.0. The van der Waals surface area contributed by atoms with Crippen molar-refractivity contribution in [3.63, 3.8) is 0 Å². The Morgan fingerprint density at radius 1 is 1.32 bits per heavy atom. The molecule has 0 amide bonds. The first-order chi connectivity index (χ1) is 9.15. The lowest BCUT2D eigenvalue weighted by Crippen LogP contribution is -2.14. The zero-order chi connectivity index (χ0) is 13.4. The van der Waals surface area contributed by atoms with Crippen LogP contribution in [0.15, 0.2) is 29.4 Å². The largest absolute Gasteiger partial charge is 0.289 e. The summed E-state index contributed by atoms with van der Waals surface area (Å²) in [6.45, 7) is 7.56. The van der Waals surface area contributed by atoms with Crippen LogP contribution in [0.5, 0.6) is 0 Å². The summed E-state index contributed by atoms with van der Waals surface area (Å²) in [6, 6.07) is 7.00. The van der Waals surface area contributed by atoms with Crippen LogP contribution in [-0.2, 0) is 0 Å². The van der Waals surface area contributed by atoms with E-state index in [1.165, 1.54) is 28.6 Å². The van der Waals surface area contributed by atoms with Crippen LogP contribution in [0.3, 0.4) is 0 Å². The van der Waals surface area contributed by atoms with Gasteiger partial charge in [-0.1, -0.05) is 13.0 Å². The molecule has 0 N–H and O–H groups in total. The molecule has 3 rings (SSSR count). The number of rotatable bonds is 2. The van der Waals surface area contributed by atoms with Gasteiger partial charge in [-0.15, -0.1) is 0 Å². The van der Waals surface area contributed by atoms with Crippen LogP contribution in [0.1, 0.15) is 45.2 Å². The summed E-state index contributed by atoms with van der Waals surface area (Å²) in [5, 5.41) is 5.69. The van der Waals surface area contributed by atoms with E-state index in [9.17, 15) is 0 Å². The van der Waals surface area contributed by atoms with Gasteiger partial charge in [0.2, 0.25) is 0 Å². The number of hydrogen-bond donors (Lipinski definition) is 0. The monoisotopic (exact) mass is 255 g/mol. The zero-order valence-electron chi connectivity index (χ0n) is 11.9. The molecular formula is C16H21N3. The number of benzene rings is 1. The lowest BCUT2D eigenvalue weighted by atomic mass is 9.95. The zero-order valence-corrected chi connectivity index (χ0v) is 11.9. The number of hydrogen-bond acceptors (Lipinski definition) is 2. The molecule has 100 valence electrons. The van der Waals surface area contributed by atoms with Crippen molar-refractivity contribution in [1.29, 1.82) is 0 Å². The summed E-state index contributed by atoms with van der Waals surface area (Å²) in [5.74, 6) is 0.733. The standard InChI is InChI=1S/C16H21N3/c1-11(2)19-16-7-5-13(8-14(16)10-18-19)15-6-4-12(3)9-17-15/h5,7-8,10-12H,4,6,9H2,1-3H3/t12-/m0/s1. The summed E-state index contributed by atoms with van der Waals surface area (Å²) in [7, 11) is 0. The number of nitrogens with zero attached hydrogens (tertiary/aromatic N) is 3. The van der Waals surface area contributed by atoms with Gasteiger partial charge in [0.05, 0.1) is 11.7 Å². The van der Waals surface area contributed by atoms with E-state index >= 15 is 0 Å². The smallest absolute Gasteiger partial charge is 0.0685 e. The molecule has 1 atom stereocenters. The Bertz CT molecular complexity index is 622. The lowest BCUT2D eigenvalue weighted by molar-refractivity contribution is 0.538. The van der Waals surface area contributed by atoms with Crippen LogP contribution in [0.2, 0.25) is 0 Å². The fourth-order valence-corrected chi connectivity index (χ4v) is 2.70. The van der Waals surface area contributed by atoms with Gasteiger partial charge in [0, 0.05) is 23.7 Å². The summed E-state index contributed by atoms with van der Waals surface area (Å²) in [6.07, 6.45) is 4.32. The summed E-state index contributed by atoms with van der Waals surface area (Å²) < 4.78 is 2.07. The fraction of sp³-hybridized carbons (Fsp3) is 0.500. The molecule has 2 aromatic rings. The van der Waals surface area contributed by atoms with Crippen LogP contribution in [0.25, 0.3) is 10.9 Å². The SMILES string of the molecule is CC(C)n1ncc2cc(C3=NC[C@@H](C)CC3)ccc21. The minimum Gasteiger partial charge on any atom is -0.289 e. The van der Waals surface area contributed by atoms with E-state index in [4.69, 9.17) is 4.99 Å². The highest BCUT2D eigenvalue weighted by molar-refractivity contribution is 6.03. The lowest BCUT2D eigenvalue weighted by Gasteiger charge is -2.17. The van der Waals surface area contributed by atoms with Gasteiger partial charge >= 0.3 is 0 Å². The van der Waals surface area contributed by atoms with E-state index < -0.39 is 0 Å². The van der Waals surface area contributed by atoms with E-state index in [1.807, 2.05) is 6.20 Å². The van der Waals surface area contributed by atoms with Gasteiger partial charge in [0.25, 0.3) is 0 Å². The summed E-state index contributed by atoms with van der Waals surface area (Å²) in [4.78, 5) is 4.72.